The largest absolute Gasteiger partial charge is 0.464 e. The fourth-order valence-electron chi connectivity index (χ4n) is 1.23. The van der Waals surface area contributed by atoms with Crippen LogP contribution in [-0.2, 0) is 0 Å². The van der Waals surface area contributed by atoms with E-state index < -0.39 is 0 Å². The molecular weight excluding hydrogens is 164 g/mol. The summed E-state index contributed by atoms with van der Waals surface area (Å²) >= 11 is 0. The maximum atomic E-state index is 11.2. The van der Waals surface area contributed by atoms with Gasteiger partial charge in [0.25, 0.3) is 0 Å². The van der Waals surface area contributed by atoms with E-state index in [1.165, 1.54) is 6.26 Å². The molecule has 0 amide bonds. The molecule has 0 spiro atoms. The van der Waals surface area contributed by atoms with Crippen LogP contribution in [0.1, 0.15) is 10.4 Å². The maximum absolute atomic E-state index is 11.2. The Labute approximate surface area is 75.2 Å². The van der Waals surface area contributed by atoms with E-state index in [-0.39, 0.29) is 5.78 Å². The van der Waals surface area contributed by atoms with Crippen molar-refractivity contribution in [2.75, 3.05) is 0 Å². The molecule has 0 fully saturated rings. The Morgan fingerprint density at radius 3 is 2.92 bits per heavy atom. The van der Waals surface area contributed by atoms with Gasteiger partial charge in [-0.25, -0.2) is 0 Å². The molecule has 0 unspecified atom stereocenters. The summed E-state index contributed by atoms with van der Waals surface area (Å²) in [7, 11) is 0. The summed E-state index contributed by atoms with van der Waals surface area (Å²) in [4.78, 5) is 11.2. The van der Waals surface area contributed by atoms with E-state index in [1.807, 2.05) is 18.2 Å². The maximum Gasteiger partial charge on any atom is 0.239 e. The number of fused-ring (bicyclic) bond motifs is 1. The molecule has 0 saturated heterocycles. The monoisotopic (exact) mass is 170 g/mol. The molecule has 0 N–H and O–H groups in total. The number of carbonyl (C=O) groups is 1. The lowest BCUT2D eigenvalue weighted by atomic mass is 10.1. The molecule has 2 nitrogen and oxygen atoms in total. The molecule has 0 saturated carbocycles. The molecule has 62 valence electrons. The first kappa shape index (κ1) is 7.63. The molecule has 2 rings (SSSR count). The third-order valence-electron chi connectivity index (χ3n) is 1.86. The molecule has 1 heterocycles. The zero-order valence-corrected chi connectivity index (χ0v) is 6.78. The highest BCUT2D eigenvalue weighted by Crippen LogP contribution is 2.20. The molecular formula is C11H6O2. The number of ketones is 1. The Morgan fingerprint density at radius 1 is 1.38 bits per heavy atom. The summed E-state index contributed by atoms with van der Waals surface area (Å²) in [6, 6.07) is 7.28. The van der Waals surface area contributed by atoms with Crippen LogP contribution < -0.4 is 0 Å². The van der Waals surface area contributed by atoms with Crippen LogP contribution >= 0.6 is 0 Å². The number of furan rings is 1. The minimum atomic E-state index is -0.343. The van der Waals surface area contributed by atoms with Crippen LogP contribution in [0.4, 0.5) is 0 Å². The second-order valence-electron chi connectivity index (χ2n) is 2.62. The summed E-state index contributed by atoms with van der Waals surface area (Å²) < 4.78 is 5.16. The Morgan fingerprint density at radius 2 is 2.15 bits per heavy atom. The Bertz CT molecular complexity index is 500. The standard InChI is InChI=1S/C11H6O2/c1-2-10(12)9-7-13-11-6-4-3-5-8(9)11/h1,3-7H. The lowest BCUT2D eigenvalue weighted by Crippen LogP contribution is -1.91. The number of hydrogen-bond donors (Lipinski definition) is 0. The summed E-state index contributed by atoms with van der Waals surface area (Å²) in [6.45, 7) is 0. The van der Waals surface area contributed by atoms with Crippen LogP contribution in [0.3, 0.4) is 0 Å². The van der Waals surface area contributed by atoms with E-state index in [0.717, 1.165) is 5.39 Å². The van der Waals surface area contributed by atoms with Gasteiger partial charge in [0.15, 0.2) is 0 Å². The van der Waals surface area contributed by atoms with Gasteiger partial charge in [0, 0.05) is 5.39 Å². The summed E-state index contributed by atoms with van der Waals surface area (Å²) in [5.74, 6) is 1.72. The molecule has 0 aliphatic rings. The minimum absolute atomic E-state index is 0.343. The number of terminal acetylenes is 1. The molecule has 2 aromatic rings. The average Bonchev–Trinajstić information content (AvgIpc) is 2.60. The first-order valence-electron chi connectivity index (χ1n) is 3.80. The number of para-hydroxylation sites is 1. The number of carbonyl (C=O) groups excluding carboxylic acids is 1. The van der Waals surface area contributed by atoms with Crippen molar-refractivity contribution in [2.24, 2.45) is 0 Å². The highest BCUT2D eigenvalue weighted by Gasteiger charge is 2.09. The Balaban J connectivity index is 2.73. The van der Waals surface area contributed by atoms with Gasteiger partial charge in [0.1, 0.15) is 11.8 Å². The molecule has 0 aliphatic heterocycles. The van der Waals surface area contributed by atoms with Gasteiger partial charge in [-0.15, -0.1) is 6.42 Å². The normalized spacial score (nSPS) is 9.77. The van der Waals surface area contributed by atoms with Crippen LogP contribution in [-0.4, -0.2) is 5.78 Å². The second-order valence-corrected chi connectivity index (χ2v) is 2.62. The average molecular weight is 170 g/mol. The molecule has 2 heteroatoms. The van der Waals surface area contributed by atoms with Crippen LogP contribution in [0.25, 0.3) is 11.0 Å². The van der Waals surface area contributed by atoms with Crippen LogP contribution in [0, 0.1) is 12.3 Å². The van der Waals surface area contributed by atoms with Crippen molar-refractivity contribution in [2.45, 2.75) is 0 Å². The lowest BCUT2D eigenvalue weighted by molar-refractivity contribution is 0.105. The molecule has 0 bridgehead atoms. The zero-order chi connectivity index (χ0) is 9.26. The first-order valence-corrected chi connectivity index (χ1v) is 3.80. The van der Waals surface area contributed by atoms with Gasteiger partial charge < -0.3 is 4.42 Å². The lowest BCUT2D eigenvalue weighted by Gasteiger charge is -1.87. The van der Waals surface area contributed by atoms with Crippen molar-refractivity contribution in [1.29, 1.82) is 0 Å². The molecule has 1 aromatic heterocycles. The fourth-order valence-corrected chi connectivity index (χ4v) is 1.23. The highest BCUT2D eigenvalue weighted by molar-refractivity contribution is 6.15. The summed E-state index contributed by atoms with van der Waals surface area (Å²) in [5.41, 5.74) is 1.14. The minimum Gasteiger partial charge on any atom is -0.464 e. The van der Waals surface area contributed by atoms with Crippen molar-refractivity contribution < 1.29 is 9.21 Å². The summed E-state index contributed by atoms with van der Waals surface area (Å²) in [6.07, 6.45) is 6.41. The van der Waals surface area contributed by atoms with Gasteiger partial charge in [0.05, 0.1) is 5.56 Å². The van der Waals surface area contributed by atoms with Crippen molar-refractivity contribution in [3.63, 3.8) is 0 Å². The Hall–Kier alpha value is -2.01. The summed E-state index contributed by atoms with van der Waals surface area (Å²) in [5, 5.41) is 0.769. The number of rotatable bonds is 1. The Kier molecular flexibility index (Phi) is 1.64. The van der Waals surface area contributed by atoms with E-state index in [4.69, 9.17) is 10.8 Å². The van der Waals surface area contributed by atoms with Gasteiger partial charge in [0.2, 0.25) is 5.78 Å². The van der Waals surface area contributed by atoms with Crippen molar-refractivity contribution in [3.05, 3.63) is 36.1 Å². The van der Waals surface area contributed by atoms with Crippen molar-refractivity contribution >= 4 is 16.8 Å². The second kappa shape index (κ2) is 2.80. The topological polar surface area (TPSA) is 30.2 Å². The molecule has 1 aromatic carbocycles. The third kappa shape index (κ3) is 1.11. The van der Waals surface area contributed by atoms with E-state index in [0.29, 0.717) is 11.1 Å². The zero-order valence-electron chi connectivity index (χ0n) is 6.78. The predicted octanol–water partition coefficient (Wildman–Crippen LogP) is 2.25. The van der Waals surface area contributed by atoms with Crippen molar-refractivity contribution in [1.82, 2.24) is 0 Å². The van der Waals surface area contributed by atoms with Gasteiger partial charge in [-0.3, -0.25) is 4.79 Å². The van der Waals surface area contributed by atoms with Gasteiger partial charge in [-0.05, 0) is 12.0 Å². The van der Waals surface area contributed by atoms with E-state index in [1.54, 1.807) is 6.07 Å². The molecule has 0 atom stereocenters. The van der Waals surface area contributed by atoms with Crippen LogP contribution in [0.15, 0.2) is 34.9 Å². The third-order valence-corrected chi connectivity index (χ3v) is 1.86. The van der Waals surface area contributed by atoms with Crippen molar-refractivity contribution in [3.8, 4) is 12.3 Å². The van der Waals surface area contributed by atoms with E-state index in [2.05, 4.69) is 5.92 Å². The van der Waals surface area contributed by atoms with Gasteiger partial charge in [-0.2, -0.15) is 0 Å². The molecule has 0 radical (unpaired) electrons. The number of Topliss-reactive ketones (excluding diaryl/α,β-unsaturated/α-hetero) is 1. The fraction of sp³-hybridized carbons (Fsp3) is 0. The predicted molar refractivity (Wildman–Crippen MR) is 49.4 cm³/mol. The SMILES string of the molecule is C#CC(=O)c1coc2ccccc12. The first-order chi connectivity index (χ1) is 6.33. The van der Waals surface area contributed by atoms with E-state index in [9.17, 15) is 4.79 Å². The van der Waals surface area contributed by atoms with Gasteiger partial charge in [-0.1, -0.05) is 18.2 Å². The number of hydrogen-bond acceptors (Lipinski definition) is 2. The number of benzene rings is 1. The molecule has 0 aliphatic carbocycles. The molecule has 13 heavy (non-hydrogen) atoms. The van der Waals surface area contributed by atoms with Crippen LogP contribution in [0.2, 0.25) is 0 Å². The smallest absolute Gasteiger partial charge is 0.239 e. The van der Waals surface area contributed by atoms with Gasteiger partial charge >= 0.3 is 0 Å². The highest BCUT2D eigenvalue weighted by atomic mass is 16.3. The van der Waals surface area contributed by atoms with E-state index >= 15 is 0 Å². The van der Waals surface area contributed by atoms with Crippen LogP contribution in [0.5, 0.6) is 0 Å². The quantitative estimate of drug-likeness (QED) is 0.373.